The van der Waals surface area contributed by atoms with Crippen LogP contribution in [-0.4, -0.2) is 27.2 Å². The van der Waals surface area contributed by atoms with E-state index in [-0.39, 0.29) is 23.6 Å². The highest BCUT2D eigenvalue weighted by atomic mass is 16.4. The number of rotatable bonds is 4. The molecule has 2 rings (SSSR count). The Labute approximate surface area is 103 Å². The van der Waals surface area contributed by atoms with Gasteiger partial charge in [-0.25, -0.2) is 4.79 Å². The molecule has 0 bridgehead atoms. The number of carboxylic acids is 1. The summed E-state index contributed by atoms with van der Waals surface area (Å²) < 4.78 is 0. The van der Waals surface area contributed by atoms with E-state index in [1.807, 2.05) is 0 Å². The maximum absolute atomic E-state index is 11.7. The number of aromatic amines is 1. The van der Waals surface area contributed by atoms with E-state index in [4.69, 9.17) is 5.11 Å². The summed E-state index contributed by atoms with van der Waals surface area (Å²) in [5.41, 5.74) is 1.02. The molecular weight excluding hydrogens is 234 g/mol. The highest BCUT2D eigenvalue weighted by Crippen LogP contribution is 2.15. The van der Waals surface area contributed by atoms with Crippen LogP contribution in [0.5, 0.6) is 0 Å². The second kappa shape index (κ2) is 5.13. The lowest BCUT2D eigenvalue weighted by atomic mass is 10.1. The fourth-order valence-electron chi connectivity index (χ4n) is 1.53. The van der Waals surface area contributed by atoms with Crippen molar-refractivity contribution >= 4 is 17.6 Å². The summed E-state index contributed by atoms with van der Waals surface area (Å²) in [7, 11) is 0. The molecule has 0 aliphatic heterocycles. The molecule has 3 N–H and O–H groups in total. The van der Waals surface area contributed by atoms with Gasteiger partial charge in [-0.3, -0.25) is 9.89 Å². The van der Waals surface area contributed by atoms with Crippen molar-refractivity contribution in [3.63, 3.8) is 0 Å². The van der Waals surface area contributed by atoms with E-state index in [0.717, 1.165) is 0 Å². The van der Waals surface area contributed by atoms with E-state index in [1.165, 1.54) is 6.07 Å². The standard InChI is InChI=1S/C12H11N3O3/c16-11(7-8-5-6-13-15-8)14-10-4-2-1-3-9(10)12(17)18/h1-6H,7H2,(H,13,15)(H,14,16)(H,17,18). The SMILES string of the molecule is O=C(Cc1ccn[nH]1)Nc1ccccc1C(=O)O. The number of carboxylic acid groups (broad SMARTS) is 1. The molecule has 0 aliphatic rings. The molecule has 92 valence electrons. The summed E-state index contributed by atoms with van der Waals surface area (Å²) in [5.74, 6) is -1.37. The molecule has 0 radical (unpaired) electrons. The van der Waals surface area contributed by atoms with Gasteiger partial charge in [0, 0.05) is 11.9 Å². The first-order chi connectivity index (χ1) is 8.66. The maximum atomic E-state index is 11.7. The number of hydrogen-bond acceptors (Lipinski definition) is 3. The van der Waals surface area contributed by atoms with Crippen LogP contribution in [0.3, 0.4) is 0 Å². The predicted molar refractivity (Wildman–Crippen MR) is 64.3 cm³/mol. The van der Waals surface area contributed by atoms with Crippen LogP contribution in [0.1, 0.15) is 16.1 Å². The summed E-state index contributed by atoms with van der Waals surface area (Å²) in [4.78, 5) is 22.7. The Balaban J connectivity index is 2.09. The number of H-pyrrole nitrogens is 1. The van der Waals surface area contributed by atoms with Gasteiger partial charge in [0.1, 0.15) is 0 Å². The number of hydrogen-bond donors (Lipinski definition) is 3. The van der Waals surface area contributed by atoms with Gasteiger partial charge in [-0.1, -0.05) is 12.1 Å². The van der Waals surface area contributed by atoms with Crippen LogP contribution in [0.4, 0.5) is 5.69 Å². The van der Waals surface area contributed by atoms with Crippen molar-refractivity contribution in [2.45, 2.75) is 6.42 Å². The first-order valence-electron chi connectivity index (χ1n) is 5.27. The first-order valence-corrected chi connectivity index (χ1v) is 5.27. The summed E-state index contributed by atoms with van der Waals surface area (Å²) in [6.07, 6.45) is 1.67. The molecule has 2 aromatic rings. The second-order valence-electron chi connectivity index (χ2n) is 3.66. The van der Waals surface area contributed by atoms with Gasteiger partial charge in [-0.15, -0.1) is 0 Å². The van der Waals surface area contributed by atoms with Gasteiger partial charge < -0.3 is 10.4 Å². The molecule has 1 heterocycles. The Morgan fingerprint density at radius 2 is 2.06 bits per heavy atom. The lowest BCUT2D eigenvalue weighted by Crippen LogP contribution is -2.16. The van der Waals surface area contributed by atoms with Gasteiger partial charge in [-0.05, 0) is 18.2 Å². The molecular formula is C12H11N3O3. The molecule has 6 heteroatoms. The van der Waals surface area contributed by atoms with Gasteiger partial charge >= 0.3 is 5.97 Å². The quantitative estimate of drug-likeness (QED) is 0.756. The zero-order valence-corrected chi connectivity index (χ0v) is 9.38. The Kier molecular flexibility index (Phi) is 3.38. The van der Waals surface area contributed by atoms with Crippen LogP contribution in [0.15, 0.2) is 36.5 Å². The van der Waals surface area contributed by atoms with Gasteiger partial charge in [0.25, 0.3) is 0 Å². The van der Waals surface area contributed by atoms with Crippen molar-refractivity contribution in [2.75, 3.05) is 5.32 Å². The average Bonchev–Trinajstić information content (AvgIpc) is 2.82. The van der Waals surface area contributed by atoms with E-state index < -0.39 is 5.97 Å². The molecule has 0 unspecified atom stereocenters. The van der Waals surface area contributed by atoms with Crippen LogP contribution >= 0.6 is 0 Å². The Morgan fingerprint density at radius 3 is 2.72 bits per heavy atom. The molecule has 0 saturated heterocycles. The minimum Gasteiger partial charge on any atom is -0.478 e. The fraction of sp³-hybridized carbons (Fsp3) is 0.0833. The maximum Gasteiger partial charge on any atom is 0.337 e. The van der Waals surface area contributed by atoms with Crippen LogP contribution in [-0.2, 0) is 11.2 Å². The van der Waals surface area contributed by atoms with E-state index in [1.54, 1.807) is 30.5 Å². The lowest BCUT2D eigenvalue weighted by Gasteiger charge is -2.07. The molecule has 1 amide bonds. The van der Waals surface area contributed by atoms with E-state index in [0.29, 0.717) is 5.69 Å². The zero-order valence-electron chi connectivity index (χ0n) is 9.38. The van der Waals surface area contributed by atoms with E-state index >= 15 is 0 Å². The van der Waals surface area contributed by atoms with Crippen molar-refractivity contribution in [2.24, 2.45) is 0 Å². The monoisotopic (exact) mass is 245 g/mol. The zero-order chi connectivity index (χ0) is 13.0. The molecule has 1 aromatic carbocycles. The van der Waals surface area contributed by atoms with Crippen molar-refractivity contribution in [1.29, 1.82) is 0 Å². The summed E-state index contributed by atoms with van der Waals surface area (Å²) in [5, 5.41) is 17.9. The van der Waals surface area contributed by atoms with Crippen LogP contribution in [0.25, 0.3) is 0 Å². The van der Waals surface area contributed by atoms with E-state index in [2.05, 4.69) is 15.5 Å². The highest BCUT2D eigenvalue weighted by molar-refractivity contribution is 6.00. The topological polar surface area (TPSA) is 95.1 Å². The first kappa shape index (κ1) is 11.8. The molecule has 18 heavy (non-hydrogen) atoms. The number of carbonyl (C=O) groups is 2. The average molecular weight is 245 g/mol. The van der Waals surface area contributed by atoms with E-state index in [9.17, 15) is 9.59 Å². The third-order valence-corrected chi connectivity index (χ3v) is 2.34. The molecule has 0 fully saturated rings. The molecule has 1 aromatic heterocycles. The fourth-order valence-corrected chi connectivity index (χ4v) is 1.53. The minimum atomic E-state index is -1.08. The summed E-state index contributed by atoms with van der Waals surface area (Å²) in [6.45, 7) is 0. The highest BCUT2D eigenvalue weighted by Gasteiger charge is 2.12. The van der Waals surface area contributed by atoms with Crippen LogP contribution < -0.4 is 5.32 Å². The van der Waals surface area contributed by atoms with Gasteiger partial charge in [0.15, 0.2) is 0 Å². The van der Waals surface area contributed by atoms with Gasteiger partial charge in [-0.2, -0.15) is 5.10 Å². The van der Waals surface area contributed by atoms with Gasteiger partial charge in [0.05, 0.1) is 17.7 Å². The summed E-state index contributed by atoms with van der Waals surface area (Å²) in [6, 6.07) is 7.94. The normalized spacial score (nSPS) is 10.0. The number of nitrogens with zero attached hydrogens (tertiary/aromatic N) is 1. The third kappa shape index (κ3) is 2.73. The third-order valence-electron chi connectivity index (χ3n) is 2.34. The summed E-state index contributed by atoms with van der Waals surface area (Å²) >= 11 is 0. The number of nitrogens with one attached hydrogen (secondary N) is 2. The Morgan fingerprint density at radius 1 is 1.28 bits per heavy atom. The largest absolute Gasteiger partial charge is 0.478 e. The molecule has 0 spiro atoms. The number of para-hydroxylation sites is 1. The van der Waals surface area contributed by atoms with Gasteiger partial charge in [0.2, 0.25) is 5.91 Å². The number of aromatic carboxylic acids is 1. The minimum absolute atomic E-state index is 0.0652. The van der Waals surface area contributed by atoms with Crippen molar-refractivity contribution in [3.05, 3.63) is 47.8 Å². The van der Waals surface area contributed by atoms with Crippen molar-refractivity contribution in [1.82, 2.24) is 10.2 Å². The van der Waals surface area contributed by atoms with Crippen LogP contribution in [0, 0.1) is 0 Å². The second-order valence-corrected chi connectivity index (χ2v) is 3.66. The Hall–Kier alpha value is -2.63. The lowest BCUT2D eigenvalue weighted by molar-refractivity contribution is -0.115. The molecule has 6 nitrogen and oxygen atoms in total. The van der Waals surface area contributed by atoms with Crippen LogP contribution in [0.2, 0.25) is 0 Å². The Bertz CT molecular complexity index is 564. The number of benzene rings is 1. The molecule has 0 aliphatic carbocycles. The van der Waals surface area contributed by atoms with Crippen molar-refractivity contribution in [3.8, 4) is 0 Å². The number of carbonyl (C=O) groups excluding carboxylic acids is 1. The molecule has 0 atom stereocenters. The number of aromatic nitrogens is 2. The molecule has 0 saturated carbocycles. The smallest absolute Gasteiger partial charge is 0.337 e. The predicted octanol–water partition coefficient (Wildman–Crippen LogP) is 1.29. The van der Waals surface area contributed by atoms with Crippen molar-refractivity contribution < 1.29 is 14.7 Å². The number of amides is 1. The number of anilines is 1.